The molecule has 3 nitrogen and oxygen atoms in total. The fraction of sp³-hybridized carbons (Fsp3) is 0.538. The summed E-state index contributed by atoms with van der Waals surface area (Å²) in [4.78, 5) is 0. The standard InChI is InChI=1S/C13H21FN2O/c1-9-5-6-10(7-11(9)14)12(16-15)8-17-13(2,3)4/h5-7,12,16H,8,15H2,1-4H3. The lowest BCUT2D eigenvalue weighted by Crippen LogP contribution is -2.34. The molecule has 0 aliphatic heterocycles. The molecule has 0 bridgehead atoms. The van der Waals surface area contributed by atoms with E-state index in [1.807, 2.05) is 26.8 Å². The van der Waals surface area contributed by atoms with Crippen molar-refractivity contribution in [3.05, 3.63) is 35.1 Å². The Morgan fingerprint density at radius 1 is 1.41 bits per heavy atom. The summed E-state index contributed by atoms with van der Waals surface area (Å²) >= 11 is 0. The van der Waals surface area contributed by atoms with Crippen LogP contribution in [-0.4, -0.2) is 12.2 Å². The first kappa shape index (κ1) is 14.1. The monoisotopic (exact) mass is 240 g/mol. The predicted octanol–water partition coefficient (Wildman–Crippen LogP) is 2.45. The molecule has 0 radical (unpaired) electrons. The van der Waals surface area contributed by atoms with E-state index in [1.165, 1.54) is 6.07 Å². The SMILES string of the molecule is Cc1ccc(C(COC(C)(C)C)NN)cc1F. The van der Waals surface area contributed by atoms with Crippen molar-refractivity contribution in [1.29, 1.82) is 0 Å². The van der Waals surface area contributed by atoms with E-state index >= 15 is 0 Å². The third-order valence-corrected chi connectivity index (χ3v) is 2.48. The third-order valence-electron chi connectivity index (χ3n) is 2.48. The molecule has 0 aliphatic rings. The Bertz CT molecular complexity index is 374. The number of rotatable bonds is 4. The fourth-order valence-electron chi connectivity index (χ4n) is 1.40. The summed E-state index contributed by atoms with van der Waals surface area (Å²) in [6.07, 6.45) is 0. The van der Waals surface area contributed by atoms with Crippen LogP contribution in [0.4, 0.5) is 4.39 Å². The normalized spacial score (nSPS) is 13.8. The zero-order chi connectivity index (χ0) is 13.1. The minimum Gasteiger partial charge on any atom is -0.374 e. The average Bonchev–Trinajstić information content (AvgIpc) is 2.22. The van der Waals surface area contributed by atoms with Crippen LogP contribution in [0.2, 0.25) is 0 Å². The number of halogens is 1. The van der Waals surface area contributed by atoms with Crippen LogP contribution in [0, 0.1) is 12.7 Å². The van der Waals surface area contributed by atoms with Crippen molar-refractivity contribution in [2.24, 2.45) is 5.84 Å². The number of nitrogens with one attached hydrogen (secondary N) is 1. The first-order valence-corrected chi connectivity index (χ1v) is 5.69. The van der Waals surface area contributed by atoms with Crippen molar-refractivity contribution in [3.8, 4) is 0 Å². The molecule has 0 spiro atoms. The highest BCUT2D eigenvalue weighted by Crippen LogP contribution is 2.18. The Morgan fingerprint density at radius 2 is 2.06 bits per heavy atom. The van der Waals surface area contributed by atoms with Gasteiger partial charge in [0, 0.05) is 0 Å². The van der Waals surface area contributed by atoms with Gasteiger partial charge in [-0.15, -0.1) is 0 Å². The van der Waals surface area contributed by atoms with Crippen LogP contribution < -0.4 is 11.3 Å². The minimum atomic E-state index is -0.238. The number of hydrogen-bond acceptors (Lipinski definition) is 3. The second kappa shape index (κ2) is 5.58. The summed E-state index contributed by atoms with van der Waals surface area (Å²) in [5.41, 5.74) is 3.83. The Morgan fingerprint density at radius 3 is 2.53 bits per heavy atom. The van der Waals surface area contributed by atoms with E-state index in [4.69, 9.17) is 10.6 Å². The highest BCUT2D eigenvalue weighted by atomic mass is 19.1. The minimum absolute atomic E-state index is 0.204. The molecule has 1 atom stereocenters. The molecule has 1 aromatic carbocycles. The third kappa shape index (κ3) is 4.42. The van der Waals surface area contributed by atoms with Crippen LogP contribution in [-0.2, 0) is 4.74 Å². The summed E-state index contributed by atoms with van der Waals surface area (Å²) < 4.78 is 19.1. The van der Waals surface area contributed by atoms with Crippen molar-refractivity contribution in [3.63, 3.8) is 0 Å². The van der Waals surface area contributed by atoms with Crippen molar-refractivity contribution >= 4 is 0 Å². The van der Waals surface area contributed by atoms with Gasteiger partial charge in [-0.25, -0.2) is 4.39 Å². The lowest BCUT2D eigenvalue weighted by atomic mass is 10.1. The van der Waals surface area contributed by atoms with Gasteiger partial charge in [-0.1, -0.05) is 12.1 Å². The average molecular weight is 240 g/mol. The molecule has 0 heterocycles. The number of benzene rings is 1. The van der Waals surface area contributed by atoms with Gasteiger partial charge in [0.15, 0.2) is 0 Å². The fourth-order valence-corrected chi connectivity index (χ4v) is 1.40. The number of hydrogen-bond donors (Lipinski definition) is 2. The number of ether oxygens (including phenoxy) is 1. The van der Waals surface area contributed by atoms with Crippen molar-refractivity contribution < 1.29 is 9.13 Å². The topological polar surface area (TPSA) is 47.3 Å². The first-order chi connectivity index (χ1) is 7.83. The van der Waals surface area contributed by atoms with E-state index in [1.54, 1.807) is 13.0 Å². The van der Waals surface area contributed by atoms with E-state index < -0.39 is 0 Å². The Hall–Kier alpha value is -0.970. The molecule has 3 N–H and O–H groups in total. The number of nitrogens with two attached hydrogens (primary N) is 1. The maximum Gasteiger partial charge on any atom is 0.126 e. The Labute approximate surface area is 102 Å². The quantitative estimate of drug-likeness (QED) is 0.628. The molecule has 1 aromatic rings. The smallest absolute Gasteiger partial charge is 0.126 e. The maximum absolute atomic E-state index is 13.4. The molecular weight excluding hydrogens is 219 g/mol. The molecule has 96 valence electrons. The maximum atomic E-state index is 13.4. The Kier molecular flexibility index (Phi) is 4.62. The van der Waals surface area contributed by atoms with Crippen LogP contribution in [0.25, 0.3) is 0 Å². The van der Waals surface area contributed by atoms with Gasteiger partial charge in [-0.3, -0.25) is 11.3 Å². The number of hydrazine groups is 1. The summed E-state index contributed by atoms with van der Waals surface area (Å²) in [5, 5.41) is 0. The van der Waals surface area contributed by atoms with Gasteiger partial charge in [0.05, 0.1) is 18.2 Å². The summed E-state index contributed by atoms with van der Waals surface area (Å²) in [6.45, 7) is 8.04. The van der Waals surface area contributed by atoms with E-state index in [2.05, 4.69) is 5.43 Å². The number of aryl methyl sites for hydroxylation is 1. The van der Waals surface area contributed by atoms with Gasteiger partial charge < -0.3 is 4.74 Å². The molecular formula is C13H21FN2O. The molecule has 17 heavy (non-hydrogen) atoms. The van der Waals surface area contributed by atoms with E-state index in [0.29, 0.717) is 12.2 Å². The zero-order valence-electron chi connectivity index (χ0n) is 10.9. The summed E-state index contributed by atoms with van der Waals surface area (Å²) in [7, 11) is 0. The molecule has 0 aliphatic carbocycles. The lowest BCUT2D eigenvalue weighted by molar-refractivity contribution is -0.0148. The molecule has 0 amide bonds. The highest BCUT2D eigenvalue weighted by Gasteiger charge is 2.16. The van der Waals surface area contributed by atoms with Crippen molar-refractivity contribution in [2.45, 2.75) is 39.3 Å². The molecule has 0 saturated heterocycles. The molecule has 1 unspecified atom stereocenters. The van der Waals surface area contributed by atoms with Crippen molar-refractivity contribution in [2.75, 3.05) is 6.61 Å². The molecule has 1 rings (SSSR count). The molecule has 0 aromatic heterocycles. The highest BCUT2D eigenvalue weighted by molar-refractivity contribution is 5.25. The molecule has 0 saturated carbocycles. The van der Waals surface area contributed by atoms with Gasteiger partial charge in [0.2, 0.25) is 0 Å². The summed E-state index contributed by atoms with van der Waals surface area (Å²) in [5.74, 6) is 5.25. The van der Waals surface area contributed by atoms with Crippen LogP contribution >= 0.6 is 0 Å². The van der Waals surface area contributed by atoms with Crippen LogP contribution in [0.15, 0.2) is 18.2 Å². The van der Waals surface area contributed by atoms with Gasteiger partial charge in [0.25, 0.3) is 0 Å². The van der Waals surface area contributed by atoms with Crippen LogP contribution in [0.3, 0.4) is 0 Å². The van der Waals surface area contributed by atoms with Crippen molar-refractivity contribution in [1.82, 2.24) is 5.43 Å². The molecule has 4 heteroatoms. The first-order valence-electron chi connectivity index (χ1n) is 5.69. The largest absolute Gasteiger partial charge is 0.374 e. The van der Waals surface area contributed by atoms with Gasteiger partial charge in [-0.2, -0.15) is 0 Å². The summed E-state index contributed by atoms with van der Waals surface area (Å²) in [6, 6.07) is 4.89. The predicted molar refractivity (Wildman–Crippen MR) is 66.9 cm³/mol. The second-order valence-corrected chi connectivity index (χ2v) is 5.15. The van der Waals surface area contributed by atoms with E-state index in [0.717, 1.165) is 5.56 Å². The van der Waals surface area contributed by atoms with E-state index in [-0.39, 0.29) is 17.5 Å². The van der Waals surface area contributed by atoms with Gasteiger partial charge in [-0.05, 0) is 44.9 Å². The zero-order valence-corrected chi connectivity index (χ0v) is 10.9. The van der Waals surface area contributed by atoms with Gasteiger partial charge in [0.1, 0.15) is 5.82 Å². The van der Waals surface area contributed by atoms with Crippen LogP contribution in [0.1, 0.15) is 37.9 Å². The van der Waals surface area contributed by atoms with Crippen LogP contribution in [0.5, 0.6) is 0 Å². The lowest BCUT2D eigenvalue weighted by Gasteiger charge is -2.24. The molecule has 0 fully saturated rings. The second-order valence-electron chi connectivity index (χ2n) is 5.15. The van der Waals surface area contributed by atoms with Gasteiger partial charge >= 0.3 is 0 Å². The van der Waals surface area contributed by atoms with E-state index in [9.17, 15) is 4.39 Å². The Balaban J connectivity index is 2.76.